The Morgan fingerprint density at radius 3 is 2.50 bits per heavy atom. The van der Waals surface area contributed by atoms with Gasteiger partial charge in [0, 0.05) is 18.1 Å². The molecule has 2 rings (SSSR count). The predicted molar refractivity (Wildman–Crippen MR) is 73.2 cm³/mol. The van der Waals surface area contributed by atoms with Gasteiger partial charge < -0.3 is 10.2 Å². The molecule has 16 heavy (non-hydrogen) atoms. The molecule has 0 aromatic heterocycles. The lowest BCUT2D eigenvalue weighted by atomic mass is 9.98. The average Bonchev–Trinajstić information content (AvgIpc) is 2.63. The Labute approximate surface area is 105 Å². The molecule has 2 unspecified atom stereocenters. The van der Waals surface area contributed by atoms with E-state index < -0.39 is 0 Å². The maximum atomic E-state index is 3.72. The van der Waals surface area contributed by atoms with E-state index in [1.54, 1.807) is 0 Å². The second kappa shape index (κ2) is 6.27. The van der Waals surface area contributed by atoms with Crippen molar-refractivity contribution in [1.82, 2.24) is 10.2 Å². The van der Waals surface area contributed by atoms with Crippen LogP contribution in [0.3, 0.4) is 0 Å². The highest BCUT2D eigenvalue weighted by Crippen LogP contribution is 2.29. The molecule has 0 aliphatic carbocycles. The van der Waals surface area contributed by atoms with Crippen LogP contribution in [0.5, 0.6) is 0 Å². The van der Waals surface area contributed by atoms with E-state index in [1.165, 1.54) is 50.8 Å². The molecule has 94 valence electrons. The van der Waals surface area contributed by atoms with Crippen LogP contribution in [0.1, 0.15) is 38.5 Å². The van der Waals surface area contributed by atoms with Gasteiger partial charge in [0.05, 0.1) is 0 Å². The lowest BCUT2D eigenvalue weighted by Crippen LogP contribution is -2.47. The predicted octanol–water partition coefficient (Wildman–Crippen LogP) is 2.34. The summed E-state index contributed by atoms with van der Waals surface area (Å²) >= 11 is 1.97. The molecular formula is C13H26N2S. The van der Waals surface area contributed by atoms with E-state index in [0.717, 1.165) is 18.1 Å². The van der Waals surface area contributed by atoms with E-state index in [2.05, 4.69) is 23.5 Å². The number of rotatable bonds is 6. The van der Waals surface area contributed by atoms with E-state index in [9.17, 15) is 0 Å². The Balaban J connectivity index is 1.67. The molecule has 2 saturated heterocycles. The quantitative estimate of drug-likeness (QED) is 0.720. The summed E-state index contributed by atoms with van der Waals surface area (Å²) in [6, 6.07) is 2.52. The largest absolute Gasteiger partial charge is 0.311 e. The molecule has 2 fully saturated rings. The van der Waals surface area contributed by atoms with Crippen molar-refractivity contribution in [3.8, 4) is 0 Å². The van der Waals surface area contributed by atoms with Crippen LogP contribution in [0, 0.1) is 0 Å². The van der Waals surface area contributed by atoms with E-state index >= 15 is 0 Å². The zero-order chi connectivity index (χ0) is 11.4. The van der Waals surface area contributed by atoms with Gasteiger partial charge >= 0.3 is 0 Å². The number of nitrogens with one attached hydrogen (secondary N) is 1. The first-order valence-electron chi connectivity index (χ1n) is 6.75. The van der Waals surface area contributed by atoms with Crippen molar-refractivity contribution in [2.45, 2.75) is 56.7 Å². The molecular weight excluding hydrogens is 216 g/mol. The molecule has 0 spiro atoms. The molecule has 0 aromatic carbocycles. The first-order valence-corrected chi connectivity index (χ1v) is 8.14. The number of thioether (sulfide) groups is 1. The fraction of sp³-hybridized carbons (Fsp3) is 1.00. The molecule has 0 amide bonds. The summed E-state index contributed by atoms with van der Waals surface area (Å²) in [6.45, 7) is 1.30. The molecule has 2 aliphatic heterocycles. The smallest absolute Gasteiger partial charge is 0.0122 e. The van der Waals surface area contributed by atoms with Gasteiger partial charge in [-0.05, 0) is 64.1 Å². The number of unbranched alkanes of at least 4 members (excludes halogenated alkanes) is 1. The first-order chi connectivity index (χ1) is 7.79. The summed E-state index contributed by atoms with van der Waals surface area (Å²) in [6.07, 6.45) is 10.6. The molecule has 2 nitrogen and oxygen atoms in total. The summed E-state index contributed by atoms with van der Waals surface area (Å²) in [5.41, 5.74) is 0. The minimum absolute atomic E-state index is 0.831. The van der Waals surface area contributed by atoms with Crippen molar-refractivity contribution in [3.63, 3.8) is 0 Å². The molecule has 1 N–H and O–H groups in total. The standard InChI is InChI=1S/C13H26N2S/c1-15(7-3-4-8-16-2)13-9-11-5-6-12(10-13)14-11/h11-14H,3-10H2,1-2H3. The van der Waals surface area contributed by atoms with Gasteiger partial charge in [0.1, 0.15) is 0 Å². The van der Waals surface area contributed by atoms with Crippen molar-refractivity contribution in [2.75, 3.05) is 25.6 Å². The highest BCUT2D eigenvalue weighted by Gasteiger charge is 2.34. The lowest BCUT2D eigenvalue weighted by Gasteiger charge is -2.35. The fourth-order valence-corrected chi connectivity index (χ4v) is 3.67. The van der Waals surface area contributed by atoms with Gasteiger partial charge in [0.15, 0.2) is 0 Å². The first kappa shape index (κ1) is 12.7. The molecule has 2 aliphatic rings. The van der Waals surface area contributed by atoms with Gasteiger partial charge in [-0.2, -0.15) is 11.8 Å². The Kier molecular flexibility index (Phi) is 4.98. The van der Waals surface area contributed by atoms with Crippen LogP contribution in [0.4, 0.5) is 0 Å². The van der Waals surface area contributed by atoms with Crippen molar-refractivity contribution < 1.29 is 0 Å². The van der Waals surface area contributed by atoms with Gasteiger partial charge in [0.25, 0.3) is 0 Å². The van der Waals surface area contributed by atoms with Crippen LogP contribution in [0.25, 0.3) is 0 Å². The third-order valence-electron chi connectivity index (χ3n) is 4.18. The normalized spacial score (nSPS) is 33.6. The van der Waals surface area contributed by atoms with E-state index in [1.807, 2.05) is 11.8 Å². The van der Waals surface area contributed by atoms with Crippen LogP contribution in [-0.2, 0) is 0 Å². The van der Waals surface area contributed by atoms with E-state index in [4.69, 9.17) is 0 Å². The summed E-state index contributed by atoms with van der Waals surface area (Å²) in [4.78, 5) is 2.62. The number of hydrogen-bond acceptors (Lipinski definition) is 3. The Bertz CT molecular complexity index is 198. The van der Waals surface area contributed by atoms with Crippen molar-refractivity contribution in [1.29, 1.82) is 0 Å². The maximum absolute atomic E-state index is 3.72. The van der Waals surface area contributed by atoms with E-state index in [0.29, 0.717) is 0 Å². The molecule has 2 heterocycles. The van der Waals surface area contributed by atoms with Gasteiger partial charge in [-0.3, -0.25) is 0 Å². The second-order valence-corrected chi connectivity index (χ2v) is 6.43. The van der Waals surface area contributed by atoms with Crippen LogP contribution >= 0.6 is 11.8 Å². The van der Waals surface area contributed by atoms with Crippen LogP contribution in [-0.4, -0.2) is 48.6 Å². The molecule has 2 bridgehead atoms. The van der Waals surface area contributed by atoms with Gasteiger partial charge in [-0.15, -0.1) is 0 Å². The number of piperidine rings is 1. The molecule has 2 atom stereocenters. The summed E-state index contributed by atoms with van der Waals surface area (Å²) in [5.74, 6) is 1.32. The highest BCUT2D eigenvalue weighted by molar-refractivity contribution is 7.98. The SMILES string of the molecule is CSCCCCN(C)C1CC2CCC(C1)N2. The zero-order valence-corrected chi connectivity index (χ0v) is 11.6. The van der Waals surface area contributed by atoms with Crippen molar-refractivity contribution in [2.24, 2.45) is 0 Å². The number of nitrogens with zero attached hydrogens (tertiary/aromatic N) is 1. The molecule has 0 saturated carbocycles. The zero-order valence-electron chi connectivity index (χ0n) is 10.7. The minimum atomic E-state index is 0.831. The second-order valence-electron chi connectivity index (χ2n) is 5.44. The van der Waals surface area contributed by atoms with Gasteiger partial charge in [-0.1, -0.05) is 0 Å². The summed E-state index contributed by atoms with van der Waals surface area (Å²) < 4.78 is 0. The van der Waals surface area contributed by atoms with E-state index in [-0.39, 0.29) is 0 Å². The minimum Gasteiger partial charge on any atom is -0.311 e. The van der Waals surface area contributed by atoms with Gasteiger partial charge in [-0.25, -0.2) is 0 Å². The van der Waals surface area contributed by atoms with Crippen LogP contribution in [0.15, 0.2) is 0 Å². The van der Waals surface area contributed by atoms with Crippen LogP contribution in [0.2, 0.25) is 0 Å². The molecule has 3 heteroatoms. The third kappa shape index (κ3) is 3.38. The topological polar surface area (TPSA) is 15.3 Å². The highest BCUT2D eigenvalue weighted by atomic mass is 32.2. The Morgan fingerprint density at radius 2 is 1.88 bits per heavy atom. The monoisotopic (exact) mass is 242 g/mol. The average molecular weight is 242 g/mol. The Morgan fingerprint density at radius 1 is 1.19 bits per heavy atom. The Hall–Kier alpha value is 0.270. The van der Waals surface area contributed by atoms with Crippen LogP contribution < -0.4 is 5.32 Å². The summed E-state index contributed by atoms with van der Waals surface area (Å²) in [5, 5.41) is 3.72. The number of fused-ring (bicyclic) bond motifs is 2. The fourth-order valence-electron chi connectivity index (χ4n) is 3.18. The van der Waals surface area contributed by atoms with Crippen molar-refractivity contribution in [3.05, 3.63) is 0 Å². The molecule has 0 radical (unpaired) electrons. The summed E-state index contributed by atoms with van der Waals surface area (Å²) in [7, 11) is 2.33. The maximum Gasteiger partial charge on any atom is 0.0122 e. The van der Waals surface area contributed by atoms with Crippen molar-refractivity contribution >= 4 is 11.8 Å². The molecule has 0 aromatic rings. The van der Waals surface area contributed by atoms with Gasteiger partial charge in [0.2, 0.25) is 0 Å². The number of hydrogen-bond donors (Lipinski definition) is 1. The third-order valence-corrected chi connectivity index (χ3v) is 4.88. The lowest BCUT2D eigenvalue weighted by molar-refractivity contribution is 0.171.